The van der Waals surface area contributed by atoms with E-state index >= 15 is 0 Å². The summed E-state index contributed by atoms with van der Waals surface area (Å²) in [5, 5.41) is 0. The van der Waals surface area contributed by atoms with Crippen LogP contribution in [0.5, 0.6) is 0 Å². The summed E-state index contributed by atoms with van der Waals surface area (Å²) in [7, 11) is 0. The second-order valence-electron chi connectivity index (χ2n) is 6.59. The van der Waals surface area contributed by atoms with Crippen LogP contribution in [0.25, 0.3) is 0 Å². The molecule has 0 saturated carbocycles. The zero-order valence-electron chi connectivity index (χ0n) is 11.4. The normalized spacial score (nSPS) is 15.6. The van der Waals surface area contributed by atoms with E-state index in [1.54, 1.807) is 0 Å². The third-order valence-electron chi connectivity index (χ3n) is 3.94. The minimum atomic E-state index is 0.424. The molecule has 86 valence electrons. The predicted molar refractivity (Wildman–Crippen MR) is 66.5 cm³/mol. The van der Waals surface area contributed by atoms with E-state index in [9.17, 15) is 0 Å². The van der Waals surface area contributed by atoms with Gasteiger partial charge >= 0.3 is 0 Å². The Morgan fingerprint density at radius 1 is 1.00 bits per heavy atom. The van der Waals surface area contributed by atoms with E-state index in [0.717, 1.165) is 5.92 Å². The van der Waals surface area contributed by atoms with Gasteiger partial charge in [-0.15, -0.1) is 0 Å². The fourth-order valence-electron chi connectivity index (χ4n) is 1.83. The van der Waals surface area contributed by atoms with Crippen molar-refractivity contribution in [1.82, 2.24) is 0 Å². The van der Waals surface area contributed by atoms with Crippen LogP contribution in [0.1, 0.15) is 74.1 Å². The van der Waals surface area contributed by atoms with E-state index < -0.39 is 0 Å². The van der Waals surface area contributed by atoms with Crippen LogP contribution in [0, 0.1) is 16.7 Å². The smallest absolute Gasteiger partial charge is 0.0303 e. The third kappa shape index (κ3) is 4.48. The highest BCUT2D eigenvalue weighted by molar-refractivity contribution is 4.83. The van der Waals surface area contributed by atoms with Crippen molar-refractivity contribution in [1.29, 1.82) is 0 Å². The average molecular weight is 198 g/mol. The minimum absolute atomic E-state index is 0.424. The zero-order valence-corrected chi connectivity index (χ0v) is 11.4. The monoisotopic (exact) mass is 198 g/mol. The van der Waals surface area contributed by atoms with Crippen molar-refractivity contribution in [2.75, 3.05) is 0 Å². The van der Waals surface area contributed by atoms with Crippen molar-refractivity contribution in [3.8, 4) is 0 Å². The quantitative estimate of drug-likeness (QED) is 0.564. The number of unbranched alkanes of at least 4 members (excludes halogenated alkanes) is 1. The van der Waals surface area contributed by atoms with Gasteiger partial charge in [-0.2, -0.15) is 0 Å². The van der Waals surface area contributed by atoms with E-state index in [4.69, 9.17) is 0 Å². The Balaban J connectivity index is 4.08. The highest BCUT2D eigenvalue weighted by Gasteiger charge is 2.33. The second kappa shape index (κ2) is 5.19. The van der Waals surface area contributed by atoms with E-state index in [1.807, 2.05) is 0 Å². The summed E-state index contributed by atoms with van der Waals surface area (Å²) in [4.78, 5) is 0. The maximum Gasteiger partial charge on any atom is -0.0303 e. The molecule has 0 amide bonds. The lowest BCUT2D eigenvalue weighted by Gasteiger charge is -2.40. The van der Waals surface area contributed by atoms with Crippen molar-refractivity contribution in [2.45, 2.75) is 74.1 Å². The van der Waals surface area contributed by atoms with Gasteiger partial charge in [0.05, 0.1) is 0 Å². The molecule has 1 unspecified atom stereocenters. The molecule has 1 atom stereocenters. The van der Waals surface area contributed by atoms with Crippen LogP contribution in [0.2, 0.25) is 0 Å². The Kier molecular flexibility index (Phi) is 5.19. The molecular weight excluding hydrogens is 168 g/mol. The summed E-state index contributed by atoms with van der Waals surface area (Å²) < 4.78 is 0. The molecular formula is C14H30. The Morgan fingerprint density at radius 3 is 1.86 bits per heavy atom. The summed E-state index contributed by atoms with van der Waals surface area (Å²) in [6.45, 7) is 16.6. The molecule has 0 bridgehead atoms. The standard InChI is InChI=1S/C14H30/c1-8-9-10-12(2)11-14(6,7)13(3,4)5/h12H,8-11H2,1-7H3. The lowest BCUT2D eigenvalue weighted by atomic mass is 9.65. The van der Waals surface area contributed by atoms with Gasteiger partial charge in [0.2, 0.25) is 0 Å². The number of hydrogen-bond acceptors (Lipinski definition) is 0. The molecule has 14 heavy (non-hydrogen) atoms. The summed E-state index contributed by atoms with van der Waals surface area (Å²) >= 11 is 0. The Hall–Kier alpha value is 0. The van der Waals surface area contributed by atoms with Gasteiger partial charge in [-0.25, -0.2) is 0 Å². The third-order valence-corrected chi connectivity index (χ3v) is 3.94. The van der Waals surface area contributed by atoms with Crippen LogP contribution >= 0.6 is 0 Å². The van der Waals surface area contributed by atoms with Gasteiger partial charge in [0.1, 0.15) is 0 Å². The molecule has 0 rings (SSSR count). The maximum absolute atomic E-state index is 2.41. The molecule has 0 radical (unpaired) electrons. The molecule has 0 spiro atoms. The molecule has 0 aromatic heterocycles. The van der Waals surface area contributed by atoms with Gasteiger partial charge in [0.15, 0.2) is 0 Å². The molecule has 0 aliphatic carbocycles. The molecule has 0 fully saturated rings. The van der Waals surface area contributed by atoms with Crippen LogP contribution in [0.3, 0.4) is 0 Å². The fraction of sp³-hybridized carbons (Fsp3) is 1.00. The molecule has 0 aliphatic heterocycles. The maximum atomic E-state index is 2.41. The summed E-state index contributed by atoms with van der Waals surface area (Å²) in [6, 6.07) is 0. The second-order valence-corrected chi connectivity index (χ2v) is 6.59. The number of hydrogen-bond donors (Lipinski definition) is 0. The average Bonchev–Trinajstić information content (AvgIpc) is 1.97. The highest BCUT2D eigenvalue weighted by Crippen LogP contribution is 2.43. The van der Waals surface area contributed by atoms with Crippen molar-refractivity contribution < 1.29 is 0 Å². The van der Waals surface area contributed by atoms with Gasteiger partial charge in [-0.05, 0) is 23.2 Å². The first-order chi connectivity index (χ1) is 6.20. The lowest BCUT2D eigenvalue weighted by Crippen LogP contribution is -2.31. The summed E-state index contributed by atoms with van der Waals surface area (Å²) in [5.74, 6) is 0.879. The van der Waals surface area contributed by atoms with E-state index in [0.29, 0.717) is 10.8 Å². The van der Waals surface area contributed by atoms with Gasteiger partial charge in [0.25, 0.3) is 0 Å². The minimum Gasteiger partial charge on any atom is -0.0654 e. The van der Waals surface area contributed by atoms with Gasteiger partial charge < -0.3 is 0 Å². The van der Waals surface area contributed by atoms with Crippen LogP contribution in [0.4, 0.5) is 0 Å². The van der Waals surface area contributed by atoms with Gasteiger partial charge in [-0.1, -0.05) is 67.7 Å². The van der Waals surface area contributed by atoms with Crippen LogP contribution in [-0.4, -0.2) is 0 Å². The topological polar surface area (TPSA) is 0 Å². The summed E-state index contributed by atoms with van der Waals surface area (Å²) in [5.41, 5.74) is 0.883. The first-order valence-electron chi connectivity index (χ1n) is 6.20. The zero-order chi connectivity index (χ0) is 11.4. The molecule has 0 aromatic rings. The van der Waals surface area contributed by atoms with Gasteiger partial charge in [-0.3, -0.25) is 0 Å². The molecule has 0 aromatic carbocycles. The molecule has 0 heteroatoms. The fourth-order valence-corrected chi connectivity index (χ4v) is 1.83. The predicted octanol–water partition coefficient (Wildman–Crippen LogP) is 5.28. The van der Waals surface area contributed by atoms with Crippen molar-refractivity contribution >= 4 is 0 Å². The van der Waals surface area contributed by atoms with Crippen molar-refractivity contribution in [3.63, 3.8) is 0 Å². The molecule has 0 N–H and O–H groups in total. The van der Waals surface area contributed by atoms with Crippen LogP contribution in [-0.2, 0) is 0 Å². The van der Waals surface area contributed by atoms with Crippen molar-refractivity contribution in [2.24, 2.45) is 16.7 Å². The molecule has 0 aliphatic rings. The van der Waals surface area contributed by atoms with E-state index in [1.165, 1.54) is 25.7 Å². The largest absolute Gasteiger partial charge is 0.0654 e. The molecule has 0 nitrogen and oxygen atoms in total. The lowest BCUT2D eigenvalue weighted by molar-refractivity contribution is 0.0963. The van der Waals surface area contributed by atoms with E-state index in [-0.39, 0.29) is 0 Å². The SMILES string of the molecule is CCCCC(C)CC(C)(C)C(C)(C)C. The summed E-state index contributed by atoms with van der Waals surface area (Å²) in [6.07, 6.45) is 5.48. The van der Waals surface area contributed by atoms with Gasteiger partial charge in [0, 0.05) is 0 Å². The Labute approximate surface area is 91.5 Å². The van der Waals surface area contributed by atoms with Crippen LogP contribution in [0.15, 0.2) is 0 Å². The molecule has 0 heterocycles. The molecule has 0 saturated heterocycles. The number of rotatable bonds is 5. The first-order valence-corrected chi connectivity index (χ1v) is 6.20. The first kappa shape index (κ1) is 14.0. The van der Waals surface area contributed by atoms with Crippen LogP contribution < -0.4 is 0 Å². The Morgan fingerprint density at radius 2 is 1.50 bits per heavy atom. The van der Waals surface area contributed by atoms with Crippen molar-refractivity contribution in [3.05, 3.63) is 0 Å². The Bertz CT molecular complexity index is 148. The van der Waals surface area contributed by atoms with E-state index in [2.05, 4.69) is 48.5 Å². The highest BCUT2D eigenvalue weighted by atomic mass is 14.4.